The van der Waals surface area contributed by atoms with Crippen LogP contribution in [0.15, 0.2) is 10.9 Å². The third kappa shape index (κ3) is 2.41. The second-order valence-electron chi connectivity index (χ2n) is 6.01. The van der Waals surface area contributed by atoms with Crippen LogP contribution >= 0.6 is 0 Å². The predicted molar refractivity (Wildman–Crippen MR) is 73.1 cm³/mol. The molecule has 0 bridgehead atoms. The van der Waals surface area contributed by atoms with E-state index in [1.165, 1.54) is 6.39 Å². The van der Waals surface area contributed by atoms with Crippen molar-refractivity contribution in [2.45, 2.75) is 45.2 Å². The van der Waals surface area contributed by atoms with E-state index in [-0.39, 0.29) is 29.8 Å². The van der Waals surface area contributed by atoms with Crippen LogP contribution in [-0.2, 0) is 16.0 Å². The number of amides is 2. The fourth-order valence-electron chi connectivity index (χ4n) is 3.34. The first-order valence-corrected chi connectivity index (χ1v) is 7.46. The van der Waals surface area contributed by atoms with Gasteiger partial charge in [0, 0.05) is 19.5 Å². The molecule has 21 heavy (non-hydrogen) atoms. The monoisotopic (exact) mass is 292 g/mol. The van der Waals surface area contributed by atoms with Gasteiger partial charge in [-0.15, -0.1) is 0 Å². The molecule has 0 saturated carbocycles. The lowest BCUT2D eigenvalue weighted by Gasteiger charge is -2.43. The zero-order valence-electron chi connectivity index (χ0n) is 12.4. The lowest BCUT2D eigenvalue weighted by atomic mass is 9.95. The standard InChI is InChI=1S/C14H20N4O3/c1-9(2)12-14(20)17-6-3-4-10(17)13(19)18(12)7-5-11-15-8-21-16-11/h8-10,12H,3-7H2,1-2H3. The molecular formula is C14H20N4O3. The first-order valence-electron chi connectivity index (χ1n) is 7.46. The van der Waals surface area contributed by atoms with E-state index in [2.05, 4.69) is 10.1 Å². The van der Waals surface area contributed by atoms with E-state index in [0.29, 0.717) is 25.3 Å². The highest BCUT2D eigenvalue weighted by Crippen LogP contribution is 2.29. The van der Waals surface area contributed by atoms with Gasteiger partial charge in [-0.05, 0) is 18.8 Å². The summed E-state index contributed by atoms with van der Waals surface area (Å²) in [6, 6.07) is -0.642. The molecule has 2 fully saturated rings. The fraction of sp³-hybridized carbons (Fsp3) is 0.714. The molecule has 114 valence electrons. The van der Waals surface area contributed by atoms with Gasteiger partial charge in [0.2, 0.25) is 18.2 Å². The maximum Gasteiger partial charge on any atom is 0.246 e. The Labute approximate surface area is 123 Å². The molecule has 0 aromatic carbocycles. The summed E-state index contributed by atoms with van der Waals surface area (Å²) < 4.78 is 4.71. The van der Waals surface area contributed by atoms with Gasteiger partial charge in [0.15, 0.2) is 5.82 Å². The Kier molecular flexibility index (Phi) is 3.65. The molecule has 7 heteroatoms. The van der Waals surface area contributed by atoms with Gasteiger partial charge in [-0.1, -0.05) is 19.0 Å². The van der Waals surface area contributed by atoms with Crippen molar-refractivity contribution >= 4 is 11.8 Å². The van der Waals surface area contributed by atoms with Crippen LogP contribution in [0.2, 0.25) is 0 Å². The molecule has 2 saturated heterocycles. The Hall–Kier alpha value is -1.92. The van der Waals surface area contributed by atoms with Crippen LogP contribution in [0.3, 0.4) is 0 Å². The van der Waals surface area contributed by atoms with Crippen LogP contribution in [0, 0.1) is 5.92 Å². The summed E-state index contributed by atoms with van der Waals surface area (Å²) in [6.45, 7) is 5.12. The van der Waals surface area contributed by atoms with Crippen molar-refractivity contribution in [3.8, 4) is 0 Å². The Bertz CT molecular complexity index is 528. The lowest BCUT2D eigenvalue weighted by Crippen LogP contribution is -2.64. The van der Waals surface area contributed by atoms with Crippen molar-refractivity contribution in [1.82, 2.24) is 19.9 Å². The number of hydrogen-bond donors (Lipinski definition) is 0. The van der Waals surface area contributed by atoms with E-state index in [1.54, 1.807) is 9.80 Å². The number of carbonyl (C=O) groups is 2. The van der Waals surface area contributed by atoms with Crippen molar-refractivity contribution in [1.29, 1.82) is 0 Å². The van der Waals surface area contributed by atoms with Gasteiger partial charge < -0.3 is 14.3 Å². The number of piperazine rings is 1. The average molecular weight is 292 g/mol. The molecular weight excluding hydrogens is 272 g/mol. The maximum absolute atomic E-state index is 12.7. The van der Waals surface area contributed by atoms with Crippen LogP contribution in [0.1, 0.15) is 32.5 Å². The largest absolute Gasteiger partial charge is 0.343 e. The highest BCUT2D eigenvalue weighted by atomic mass is 16.5. The molecule has 7 nitrogen and oxygen atoms in total. The lowest BCUT2D eigenvalue weighted by molar-refractivity contribution is -0.161. The van der Waals surface area contributed by atoms with E-state index in [0.717, 1.165) is 12.8 Å². The van der Waals surface area contributed by atoms with Crippen molar-refractivity contribution in [2.24, 2.45) is 5.92 Å². The van der Waals surface area contributed by atoms with Crippen LogP contribution in [-0.4, -0.2) is 56.9 Å². The molecule has 1 aromatic heterocycles. The molecule has 2 aliphatic heterocycles. The quantitative estimate of drug-likeness (QED) is 0.806. The zero-order chi connectivity index (χ0) is 15.0. The summed E-state index contributed by atoms with van der Waals surface area (Å²) in [6.07, 6.45) is 3.46. The summed E-state index contributed by atoms with van der Waals surface area (Å²) >= 11 is 0. The van der Waals surface area contributed by atoms with E-state index >= 15 is 0 Å². The van der Waals surface area contributed by atoms with Crippen molar-refractivity contribution < 1.29 is 14.1 Å². The summed E-state index contributed by atoms with van der Waals surface area (Å²) in [5.41, 5.74) is 0. The smallest absolute Gasteiger partial charge is 0.246 e. The first-order chi connectivity index (χ1) is 10.1. The number of nitrogens with zero attached hydrogens (tertiary/aromatic N) is 4. The maximum atomic E-state index is 12.7. The molecule has 1 aromatic rings. The molecule has 2 aliphatic rings. The average Bonchev–Trinajstić information content (AvgIpc) is 3.10. The highest BCUT2D eigenvalue weighted by Gasteiger charge is 2.48. The fourth-order valence-corrected chi connectivity index (χ4v) is 3.34. The first kappa shape index (κ1) is 14.0. The summed E-state index contributed by atoms with van der Waals surface area (Å²) in [7, 11) is 0. The molecule has 0 radical (unpaired) electrons. The van der Waals surface area contributed by atoms with E-state index in [4.69, 9.17) is 4.52 Å². The molecule has 0 spiro atoms. The predicted octanol–water partition coefficient (Wildman–Crippen LogP) is 0.470. The molecule has 3 rings (SSSR count). The molecule has 3 heterocycles. The van der Waals surface area contributed by atoms with Gasteiger partial charge in [-0.25, -0.2) is 0 Å². The van der Waals surface area contributed by atoms with Crippen molar-refractivity contribution in [3.05, 3.63) is 12.2 Å². The minimum Gasteiger partial charge on any atom is -0.343 e. The van der Waals surface area contributed by atoms with Crippen LogP contribution in [0.5, 0.6) is 0 Å². The van der Waals surface area contributed by atoms with E-state index < -0.39 is 0 Å². The molecule has 2 atom stereocenters. The molecule has 2 unspecified atom stereocenters. The number of fused-ring (bicyclic) bond motifs is 1. The number of hydrogen-bond acceptors (Lipinski definition) is 5. The minimum atomic E-state index is -0.376. The summed E-state index contributed by atoms with van der Waals surface area (Å²) in [4.78, 5) is 32.8. The van der Waals surface area contributed by atoms with Gasteiger partial charge in [-0.2, -0.15) is 4.98 Å². The Balaban J connectivity index is 1.80. The van der Waals surface area contributed by atoms with E-state index in [9.17, 15) is 9.59 Å². The minimum absolute atomic E-state index is 0.0642. The third-order valence-electron chi connectivity index (χ3n) is 4.31. The van der Waals surface area contributed by atoms with Crippen LogP contribution < -0.4 is 0 Å². The van der Waals surface area contributed by atoms with E-state index in [1.807, 2.05) is 13.8 Å². The normalized spacial score (nSPS) is 25.9. The molecule has 0 N–H and O–H groups in total. The number of rotatable bonds is 4. The molecule has 2 amide bonds. The zero-order valence-corrected chi connectivity index (χ0v) is 12.4. The summed E-state index contributed by atoms with van der Waals surface area (Å²) in [5, 5.41) is 3.76. The summed E-state index contributed by atoms with van der Waals surface area (Å²) in [5.74, 6) is 0.800. The second-order valence-corrected chi connectivity index (χ2v) is 6.01. The van der Waals surface area contributed by atoms with Crippen LogP contribution in [0.25, 0.3) is 0 Å². The van der Waals surface area contributed by atoms with Gasteiger partial charge in [-0.3, -0.25) is 9.59 Å². The molecule has 0 aliphatic carbocycles. The van der Waals surface area contributed by atoms with Crippen molar-refractivity contribution in [3.63, 3.8) is 0 Å². The number of carbonyl (C=O) groups excluding carboxylic acids is 2. The van der Waals surface area contributed by atoms with Gasteiger partial charge in [0.05, 0.1) is 0 Å². The Morgan fingerprint density at radius 1 is 1.38 bits per heavy atom. The second kappa shape index (κ2) is 5.46. The third-order valence-corrected chi connectivity index (χ3v) is 4.31. The van der Waals surface area contributed by atoms with Gasteiger partial charge >= 0.3 is 0 Å². The number of aromatic nitrogens is 2. The highest BCUT2D eigenvalue weighted by molar-refractivity contribution is 5.97. The van der Waals surface area contributed by atoms with Gasteiger partial charge in [0.1, 0.15) is 12.1 Å². The SMILES string of the molecule is CC(C)C1C(=O)N2CCCC2C(=O)N1CCc1ncon1. The van der Waals surface area contributed by atoms with Crippen LogP contribution in [0.4, 0.5) is 0 Å². The van der Waals surface area contributed by atoms with Crippen molar-refractivity contribution in [2.75, 3.05) is 13.1 Å². The van der Waals surface area contributed by atoms with Gasteiger partial charge in [0.25, 0.3) is 0 Å². The topological polar surface area (TPSA) is 79.5 Å². The Morgan fingerprint density at radius 3 is 2.86 bits per heavy atom. The Morgan fingerprint density at radius 2 is 2.19 bits per heavy atom.